The van der Waals surface area contributed by atoms with Crippen molar-refractivity contribution in [2.45, 2.75) is 76.9 Å². The Morgan fingerprint density at radius 1 is 1.08 bits per heavy atom. The highest BCUT2D eigenvalue weighted by atomic mass is 16.6. The van der Waals surface area contributed by atoms with Crippen LogP contribution in [0.5, 0.6) is 0 Å². The minimum atomic E-state index is -0.376. The van der Waals surface area contributed by atoms with Crippen LogP contribution < -0.4 is 0 Å². The maximum atomic E-state index is 11.5. The molecule has 5 heteroatoms. The maximum absolute atomic E-state index is 11.5. The molecule has 136 valence electrons. The van der Waals surface area contributed by atoms with Crippen LogP contribution in [0.2, 0.25) is 0 Å². The highest BCUT2D eigenvalue weighted by molar-refractivity contribution is 5.10. The summed E-state index contributed by atoms with van der Waals surface area (Å²) in [5.41, 5.74) is -0.182. The monoisotopic (exact) mass is 337 g/mol. The van der Waals surface area contributed by atoms with Crippen molar-refractivity contribution in [3.05, 3.63) is 10.1 Å². The first-order valence-electron chi connectivity index (χ1n) is 9.85. The molecule has 24 heavy (non-hydrogen) atoms. The van der Waals surface area contributed by atoms with E-state index in [9.17, 15) is 20.3 Å². The molecule has 0 aromatic rings. The minimum Gasteiger partial charge on any atom is -0.396 e. The Bertz CT molecular complexity index is 525. The standard InChI is InChI=1S/C19H31NO4/c1-18-8-7-16-14(15(18)4-5-17(18)20(23)24)3-2-12-10-13(22)6-9-19(12,16)11-21/h12-17,21-22H,2-11H2,1H3/t12-,13+,14-,15-,16-,17-,18-,19+/m0/s1. The van der Waals surface area contributed by atoms with Crippen LogP contribution in [-0.2, 0) is 0 Å². The number of aliphatic hydroxyl groups excluding tert-OH is 2. The Labute approximate surface area is 144 Å². The molecule has 0 heterocycles. The third-order valence-electron chi connectivity index (χ3n) is 8.84. The summed E-state index contributed by atoms with van der Waals surface area (Å²) >= 11 is 0. The lowest BCUT2D eigenvalue weighted by atomic mass is 9.44. The topological polar surface area (TPSA) is 83.6 Å². The summed E-state index contributed by atoms with van der Waals surface area (Å²) in [7, 11) is 0. The predicted octanol–water partition coefficient (Wildman–Crippen LogP) is 3.01. The molecule has 4 fully saturated rings. The fourth-order valence-electron chi connectivity index (χ4n) is 7.66. The van der Waals surface area contributed by atoms with Crippen molar-refractivity contribution in [2.75, 3.05) is 6.61 Å². The van der Waals surface area contributed by atoms with E-state index in [0.717, 1.165) is 57.8 Å². The van der Waals surface area contributed by atoms with Gasteiger partial charge in [-0.25, -0.2) is 0 Å². The fraction of sp³-hybridized carbons (Fsp3) is 1.00. The van der Waals surface area contributed by atoms with E-state index < -0.39 is 0 Å². The predicted molar refractivity (Wildman–Crippen MR) is 89.9 cm³/mol. The molecular weight excluding hydrogens is 306 g/mol. The summed E-state index contributed by atoms with van der Waals surface area (Å²) in [6, 6.07) is -0.376. The van der Waals surface area contributed by atoms with Crippen LogP contribution in [-0.4, -0.2) is 33.9 Å². The van der Waals surface area contributed by atoms with Crippen LogP contribution in [0.15, 0.2) is 0 Å². The van der Waals surface area contributed by atoms with Gasteiger partial charge in [-0.05, 0) is 80.5 Å². The van der Waals surface area contributed by atoms with Crippen LogP contribution in [0, 0.1) is 44.6 Å². The minimum absolute atomic E-state index is 0.0231. The second kappa shape index (κ2) is 5.66. The van der Waals surface area contributed by atoms with E-state index in [-0.39, 0.29) is 34.5 Å². The van der Waals surface area contributed by atoms with Gasteiger partial charge >= 0.3 is 0 Å². The van der Waals surface area contributed by atoms with Gasteiger partial charge in [-0.2, -0.15) is 0 Å². The summed E-state index contributed by atoms with van der Waals surface area (Å²) in [5, 5.41) is 32.0. The molecule has 0 amide bonds. The lowest BCUT2D eigenvalue weighted by molar-refractivity contribution is -0.540. The van der Waals surface area contributed by atoms with Crippen LogP contribution in [0.1, 0.15) is 64.7 Å². The second-order valence-corrected chi connectivity index (χ2v) is 9.39. The SMILES string of the molecule is C[C@]12CC[C@H]3[C@@H](CC[C@H]4C[C@H](O)CC[C@@]43CO)[C@@H]1CC[C@@H]2[N+](=O)[O-]. The molecule has 4 rings (SSSR count). The van der Waals surface area contributed by atoms with Crippen LogP contribution in [0.4, 0.5) is 0 Å². The highest BCUT2D eigenvalue weighted by Crippen LogP contribution is 2.66. The number of aliphatic hydroxyl groups is 2. The summed E-state index contributed by atoms with van der Waals surface area (Å²) in [4.78, 5) is 11.5. The van der Waals surface area contributed by atoms with E-state index in [1.165, 1.54) is 0 Å². The Morgan fingerprint density at radius 3 is 2.58 bits per heavy atom. The van der Waals surface area contributed by atoms with Crippen molar-refractivity contribution in [2.24, 2.45) is 34.5 Å². The van der Waals surface area contributed by atoms with Gasteiger partial charge in [0.25, 0.3) is 0 Å². The van der Waals surface area contributed by atoms with Crippen molar-refractivity contribution in [1.82, 2.24) is 0 Å². The number of rotatable bonds is 2. The van der Waals surface area contributed by atoms with E-state index in [2.05, 4.69) is 6.92 Å². The number of fused-ring (bicyclic) bond motifs is 5. The first-order chi connectivity index (χ1) is 11.4. The zero-order valence-corrected chi connectivity index (χ0v) is 14.7. The van der Waals surface area contributed by atoms with Gasteiger partial charge < -0.3 is 10.2 Å². The summed E-state index contributed by atoms with van der Waals surface area (Å²) in [5.74, 6) is 1.91. The van der Waals surface area contributed by atoms with Crippen LogP contribution in [0.3, 0.4) is 0 Å². The van der Waals surface area contributed by atoms with Crippen molar-refractivity contribution in [1.29, 1.82) is 0 Å². The Kier molecular flexibility index (Phi) is 3.96. The van der Waals surface area contributed by atoms with Gasteiger partial charge in [-0.15, -0.1) is 0 Å². The molecule has 0 spiro atoms. The molecule has 2 N–H and O–H groups in total. The third kappa shape index (κ3) is 2.13. The average molecular weight is 337 g/mol. The summed E-state index contributed by atoms with van der Waals surface area (Å²) < 4.78 is 0. The van der Waals surface area contributed by atoms with Gasteiger partial charge in [0.1, 0.15) is 0 Å². The van der Waals surface area contributed by atoms with E-state index in [0.29, 0.717) is 23.7 Å². The summed E-state index contributed by atoms with van der Waals surface area (Å²) in [6.07, 6.45) is 8.25. The largest absolute Gasteiger partial charge is 0.396 e. The van der Waals surface area contributed by atoms with Gasteiger partial charge in [0.2, 0.25) is 6.04 Å². The molecule has 0 aromatic heterocycles. The number of nitro groups is 1. The molecule has 0 aliphatic heterocycles. The first-order valence-corrected chi connectivity index (χ1v) is 9.85. The molecule has 0 aromatic carbocycles. The highest BCUT2D eigenvalue weighted by Gasteiger charge is 2.64. The van der Waals surface area contributed by atoms with Gasteiger partial charge in [0.15, 0.2) is 0 Å². The first kappa shape index (κ1) is 16.8. The Hall–Kier alpha value is -0.680. The summed E-state index contributed by atoms with van der Waals surface area (Å²) in [6.45, 7) is 2.39. The lowest BCUT2D eigenvalue weighted by Crippen LogP contribution is -2.57. The van der Waals surface area contributed by atoms with E-state index in [1.54, 1.807) is 0 Å². The van der Waals surface area contributed by atoms with E-state index >= 15 is 0 Å². The quantitative estimate of drug-likeness (QED) is 0.599. The van der Waals surface area contributed by atoms with Crippen molar-refractivity contribution in [3.63, 3.8) is 0 Å². The average Bonchev–Trinajstić information content (AvgIpc) is 2.91. The zero-order valence-electron chi connectivity index (χ0n) is 14.7. The smallest absolute Gasteiger partial charge is 0.218 e. The number of nitrogens with zero attached hydrogens (tertiary/aromatic N) is 1. The molecule has 0 bridgehead atoms. The van der Waals surface area contributed by atoms with Gasteiger partial charge in [-0.1, -0.05) is 6.92 Å². The molecule has 5 nitrogen and oxygen atoms in total. The normalized spacial score (nSPS) is 53.8. The molecule has 4 saturated carbocycles. The Morgan fingerprint density at radius 2 is 1.88 bits per heavy atom. The fourth-order valence-corrected chi connectivity index (χ4v) is 7.66. The number of hydrogen-bond donors (Lipinski definition) is 2. The van der Waals surface area contributed by atoms with Gasteiger partial charge in [-0.3, -0.25) is 10.1 Å². The van der Waals surface area contributed by atoms with Crippen molar-refractivity contribution < 1.29 is 15.1 Å². The number of hydrogen-bond acceptors (Lipinski definition) is 4. The van der Waals surface area contributed by atoms with Crippen LogP contribution in [0.25, 0.3) is 0 Å². The van der Waals surface area contributed by atoms with Crippen molar-refractivity contribution in [3.8, 4) is 0 Å². The molecule has 0 unspecified atom stereocenters. The Balaban J connectivity index is 1.64. The van der Waals surface area contributed by atoms with E-state index in [1.807, 2.05) is 0 Å². The zero-order chi connectivity index (χ0) is 17.1. The third-order valence-corrected chi connectivity index (χ3v) is 8.84. The molecule has 4 aliphatic rings. The molecule has 0 radical (unpaired) electrons. The van der Waals surface area contributed by atoms with Crippen molar-refractivity contribution >= 4 is 0 Å². The molecular formula is C19H31NO4. The second-order valence-electron chi connectivity index (χ2n) is 9.39. The molecule has 4 aliphatic carbocycles. The van der Waals surface area contributed by atoms with Gasteiger partial charge in [0.05, 0.1) is 6.10 Å². The molecule has 0 saturated heterocycles. The maximum Gasteiger partial charge on any atom is 0.218 e. The molecule has 8 atom stereocenters. The lowest BCUT2D eigenvalue weighted by Gasteiger charge is -2.60. The van der Waals surface area contributed by atoms with Gasteiger partial charge in [0, 0.05) is 23.4 Å². The van der Waals surface area contributed by atoms with E-state index in [4.69, 9.17) is 0 Å². The van der Waals surface area contributed by atoms with Crippen LogP contribution >= 0.6 is 0 Å².